The molecule has 0 bridgehead atoms. The molecule has 0 rings (SSSR count). The van der Waals surface area contributed by atoms with Gasteiger partial charge in [0.2, 0.25) is 0 Å². The van der Waals surface area contributed by atoms with Crippen LogP contribution in [0.15, 0.2) is 0 Å². The van der Waals surface area contributed by atoms with Crippen molar-refractivity contribution in [1.29, 1.82) is 0 Å². The summed E-state index contributed by atoms with van der Waals surface area (Å²) < 4.78 is 31.9. The molecule has 23 heavy (non-hydrogen) atoms. The van der Waals surface area contributed by atoms with Gasteiger partial charge in [-0.1, -0.05) is 84.5 Å². The SMILES string of the molecule is CCCCCCCCCCCC(O)CC(CCCC)S(=O)(=O)O. The predicted molar refractivity (Wildman–Crippen MR) is 97.3 cm³/mol. The topological polar surface area (TPSA) is 74.6 Å². The van der Waals surface area contributed by atoms with Gasteiger partial charge in [0, 0.05) is 0 Å². The van der Waals surface area contributed by atoms with Gasteiger partial charge < -0.3 is 5.11 Å². The van der Waals surface area contributed by atoms with E-state index in [9.17, 15) is 18.1 Å². The van der Waals surface area contributed by atoms with E-state index in [1.54, 1.807) is 0 Å². The van der Waals surface area contributed by atoms with E-state index in [2.05, 4.69) is 6.92 Å². The Kier molecular flexibility index (Phi) is 14.2. The van der Waals surface area contributed by atoms with Crippen molar-refractivity contribution in [1.82, 2.24) is 0 Å². The maximum Gasteiger partial charge on any atom is 0.267 e. The third-order valence-electron chi connectivity index (χ3n) is 4.48. The second kappa shape index (κ2) is 14.2. The molecule has 2 atom stereocenters. The molecule has 2 unspecified atom stereocenters. The Bertz CT molecular complexity index is 354. The zero-order chi connectivity index (χ0) is 17.6. The van der Waals surface area contributed by atoms with Gasteiger partial charge >= 0.3 is 0 Å². The van der Waals surface area contributed by atoms with Crippen molar-refractivity contribution < 1.29 is 18.1 Å². The first kappa shape index (κ1) is 22.9. The lowest BCUT2D eigenvalue weighted by Crippen LogP contribution is -2.26. The number of rotatable bonds is 16. The highest BCUT2D eigenvalue weighted by Gasteiger charge is 2.25. The maximum atomic E-state index is 11.3. The molecule has 140 valence electrons. The van der Waals surface area contributed by atoms with Gasteiger partial charge in [-0.05, 0) is 19.3 Å². The molecular weight excluding hydrogens is 312 g/mol. The van der Waals surface area contributed by atoms with Crippen LogP contribution < -0.4 is 0 Å². The van der Waals surface area contributed by atoms with Crippen LogP contribution >= 0.6 is 0 Å². The highest BCUT2D eigenvalue weighted by molar-refractivity contribution is 7.86. The Morgan fingerprint density at radius 3 is 1.70 bits per heavy atom. The molecule has 0 aliphatic rings. The van der Waals surface area contributed by atoms with Gasteiger partial charge in [0.1, 0.15) is 0 Å². The van der Waals surface area contributed by atoms with Gasteiger partial charge in [0.05, 0.1) is 11.4 Å². The van der Waals surface area contributed by atoms with Crippen LogP contribution in [0, 0.1) is 0 Å². The van der Waals surface area contributed by atoms with Gasteiger partial charge in [0.15, 0.2) is 0 Å². The molecule has 0 fully saturated rings. The van der Waals surface area contributed by atoms with Crippen LogP contribution in [-0.4, -0.2) is 29.4 Å². The molecule has 5 heteroatoms. The first-order chi connectivity index (χ1) is 10.9. The van der Waals surface area contributed by atoms with E-state index in [0.717, 1.165) is 25.7 Å². The second-order valence-electron chi connectivity index (χ2n) is 6.79. The molecule has 0 radical (unpaired) electrons. The fraction of sp³-hybridized carbons (Fsp3) is 1.00. The molecule has 4 nitrogen and oxygen atoms in total. The highest BCUT2D eigenvalue weighted by Crippen LogP contribution is 2.18. The molecule has 2 N–H and O–H groups in total. The average Bonchev–Trinajstić information content (AvgIpc) is 2.48. The van der Waals surface area contributed by atoms with Crippen LogP contribution in [0.1, 0.15) is 104 Å². The molecule has 0 amide bonds. The Morgan fingerprint density at radius 1 is 0.739 bits per heavy atom. The molecule has 0 aliphatic carbocycles. The maximum absolute atomic E-state index is 11.3. The van der Waals surface area contributed by atoms with Crippen molar-refractivity contribution in [3.05, 3.63) is 0 Å². The Hall–Kier alpha value is -0.130. The van der Waals surface area contributed by atoms with E-state index in [0.29, 0.717) is 12.8 Å². The summed E-state index contributed by atoms with van der Waals surface area (Å²) in [6.45, 7) is 4.21. The Morgan fingerprint density at radius 2 is 1.22 bits per heavy atom. The van der Waals surface area contributed by atoms with E-state index >= 15 is 0 Å². The smallest absolute Gasteiger partial charge is 0.267 e. The van der Waals surface area contributed by atoms with Crippen LogP contribution in [0.2, 0.25) is 0 Å². The van der Waals surface area contributed by atoms with Crippen LogP contribution in [0.25, 0.3) is 0 Å². The summed E-state index contributed by atoms with van der Waals surface area (Å²) >= 11 is 0. The summed E-state index contributed by atoms with van der Waals surface area (Å²) in [4.78, 5) is 0. The van der Waals surface area contributed by atoms with Crippen molar-refractivity contribution in [3.63, 3.8) is 0 Å². The molecule has 0 spiro atoms. The summed E-state index contributed by atoms with van der Waals surface area (Å²) in [7, 11) is -4.04. The number of aliphatic hydroxyl groups excluding tert-OH is 1. The fourth-order valence-corrected chi connectivity index (χ4v) is 3.86. The van der Waals surface area contributed by atoms with Crippen LogP contribution in [0.4, 0.5) is 0 Å². The summed E-state index contributed by atoms with van der Waals surface area (Å²) in [5, 5.41) is 9.20. The van der Waals surface area contributed by atoms with Gasteiger partial charge in [-0.2, -0.15) is 8.42 Å². The van der Waals surface area contributed by atoms with E-state index in [1.807, 2.05) is 6.92 Å². The summed E-state index contributed by atoms with van der Waals surface area (Å²) in [6.07, 6.45) is 13.3. The molecule has 0 saturated carbocycles. The highest BCUT2D eigenvalue weighted by atomic mass is 32.2. The van der Waals surface area contributed by atoms with E-state index in [4.69, 9.17) is 0 Å². The van der Waals surface area contributed by atoms with Crippen molar-refractivity contribution in [3.8, 4) is 0 Å². The monoisotopic (exact) mass is 350 g/mol. The minimum atomic E-state index is -4.04. The van der Waals surface area contributed by atoms with Gasteiger partial charge in [0.25, 0.3) is 10.1 Å². The quantitative estimate of drug-likeness (QED) is 0.300. The standard InChI is InChI=1S/C18H38O4S/c1-3-5-7-8-9-10-11-12-13-14-17(19)16-18(15-6-4-2)23(20,21)22/h17-19H,3-16H2,1-2H3,(H,20,21,22). The molecule has 0 aromatic carbocycles. The third kappa shape index (κ3) is 14.0. The fourth-order valence-electron chi connectivity index (χ4n) is 2.93. The zero-order valence-electron chi connectivity index (χ0n) is 15.2. The van der Waals surface area contributed by atoms with E-state index in [-0.39, 0.29) is 6.42 Å². The summed E-state index contributed by atoms with van der Waals surface area (Å²) in [5.74, 6) is 0. The number of aliphatic hydroxyl groups is 1. The Balaban J connectivity index is 3.73. The van der Waals surface area contributed by atoms with Crippen LogP contribution in [-0.2, 0) is 10.1 Å². The largest absolute Gasteiger partial charge is 0.393 e. The Labute approximate surface area is 143 Å². The third-order valence-corrected chi connectivity index (χ3v) is 5.75. The first-order valence-electron chi connectivity index (χ1n) is 9.56. The van der Waals surface area contributed by atoms with E-state index < -0.39 is 21.5 Å². The predicted octanol–water partition coefficient (Wildman–Crippen LogP) is 5.10. The van der Waals surface area contributed by atoms with Crippen molar-refractivity contribution >= 4 is 10.1 Å². The zero-order valence-corrected chi connectivity index (χ0v) is 16.0. The number of hydrogen-bond acceptors (Lipinski definition) is 3. The minimum absolute atomic E-state index is 0.163. The van der Waals surface area contributed by atoms with Crippen molar-refractivity contribution in [2.75, 3.05) is 0 Å². The lowest BCUT2D eigenvalue weighted by molar-refractivity contribution is 0.147. The van der Waals surface area contributed by atoms with Gasteiger partial charge in [-0.25, -0.2) is 0 Å². The van der Waals surface area contributed by atoms with Gasteiger partial charge in [-0.3, -0.25) is 4.55 Å². The molecule has 0 aromatic rings. The second-order valence-corrected chi connectivity index (χ2v) is 8.48. The minimum Gasteiger partial charge on any atom is -0.393 e. The van der Waals surface area contributed by atoms with Crippen molar-refractivity contribution in [2.24, 2.45) is 0 Å². The summed E-state index contributed by atoms with van der Waals surface area (Å²) in [5.41, 5.74) is 0. The molecule has 0 saturated heterocycles. The van der Waals surface area contributed by atoms with E-state index in [1.165, 1.54) is 44.9 Å². The van der Waals surface area contributed by atoms with Crippen LogP contribution in [0.3, 0.4) is 0 Å². The normalized spacial score (nSPS) is 14.8. The molecule has 0 aliphatic heterocycles. The number of hydrogen-bond donors (Lipinski definition) is 2. The number of unbranched alkanes of at least 4 members (excludes halogenated alkanes) is 9. The lowest BCUT2D eigenvalue weighted by atomic mass is 10.0. The molecule has 0 aromatic heterocycles. The first-order valence-corrected chi connectivity index (χ1v) is 11.1. The summed E-state index contributed by atoms with van der Waals surface area (Å²) in [6, 6.07) is 0. The van der Waals surface area contributed by atoms with Crippen LogP contribution in [0.5, 0.6) is 0 Å². The van der Waals surface area contributed by atoms with Crippen molar-refractivity contribution in [2.45, 2.75) is 115 Å². The molecule has 0 heterocycles. The van der Waals surface area contributed by atoms with Gasteiger partial charge in [-0.15, -0.1) is 0 Å². The lowest BCUT2D eigenvalue weighted by Gasteiger charge is -2.17. The average molecular weight is 351 g/mol. The molecular formula is C18H38O4S.